The normalized spacial score (nSPS) is 31.8. The van der Waals surface area contributed by atoms with E-state index in [1.165, 1.54) is 38.6 Å². The second-order valence-corrected chi connectivity index (χ2v) is 6.23. The van der Waals surface area contributed by atoms with Crippen LogP contribution in [-0.4, -0.2) is 30.6 Å². The maximum atomic E-state index is 6.12. The van der Waals surface area contributed by atoms with Gasteiger partial charge >= 0.3 is 0 Å². The highest BCUT2D eigenvalue weighted by Gasteiger charge is 2.35. The molecule has 3 atom stereocenters. The minimum Gasteiger partial charge on any atom is -0.330 e. The van der Waals surface area contributed by atoms with Gasteiger partial charge in [-0.25, -0.2) is 0 Å². The molecule has 0 amide bonds. The summed E-state index contributed by atoms with van der Waals surface area (Å²) in [6.07, 6.45) is 6.68. The lowest BCUT2D eigenvalue weighted by Gasteiger charge is -2.44. The van der Waals surface area contributed by atoms with Crippen LogP contribution in [0.15, 0.2) is 0 Å². The third kappa shape index (κ3) is 3.96. The molecule has 0 radical (unpaired) electrons. The Labute approximate surface area is 108 Å². The van der Waals surface area contributed by atoms with Crippen LogP contribution in [0.25, 0.3) is 0 Å². The molecule has 0 saturated heterocycles. The Balaban J connectivity index is 2.66. The molecule has 1 rings (SSSR count). The van der Waals surface area contributed by atoms with E-state index in [0.29, 0.717) is 11.5 Å². The summed E-state index contributed by atoms with van der Waals surface area (Å²) in [5, 5.41) is 0. The number of nitrogens with two attached hydrogens (primary N) is 1. The molecule has 1 aliphatic rings. The fourth-order valence-electron chi connectivity index (χ4n) is 3.43. The molecule has 2 heteroatoms. The van der Waals surface area contributed by atoms with Crippen LogP contribution in [0, 0.1) is 11.3 Å². The van der Waals surface area contributed by atoms with Crippen molar-refractivity contribution in [3.8, 4) is 0 Å². The van der Waals surface area contributed by atoms with Crippen molar-refractivity contribution >= 4 is 0 Å². The molecule has 2 nitrogen and oxygen atoms in total. The Kier molecular flexibility index (Phi) is 5.94. The van der Waals surface area contributed by atoms with Crippen molar-refractivity contribution in [1.29, 1.82) is 0 Å². The van der Waals surface area contributed by atoms with E-state index in [-0.39, 0.29) is 0 Å². The van der Waals surface area contributed by atoms with Gasteiger partial charge < -0.3 is 10.6 Å². The van der Waals surface area contributed by atoms with E-state index in [0.717, 1.165) is 19.0 Å². The van der Waals surface area contributed by atoms with Crippen LogP contribution in [0.5, 0.6) is 0 Å². The summed E-state index contributed by atoms with van der Waals surface area (Å²) in [6.45, 7) is 12.5. The van der Waals surface area contributed by atoms with Gasteiger partial charge in [0.25, 0.3) is 0 Å². The van der Waals surface area contributed by atoms with Crippen LogP contribution in [0.3, 0.4) is 0 Å². The first kappa shape index (κ1) is 15.0. The highest BCUT2D eigenvalue weighted by Crippen LogP contribution is 2.39. The summed E-state index contributed by atoms with van der Waals surface area (Å²) in [6, 6.07) is 0.695. The minimum atomic E-state index is 0.400. The van der Waals surface area contributed by atoms with Gasteiger partial charge in [0.2, 0.25) is 0 Å². The molecular weight excluding hydrogens is 208 g/mol. The number of rotatable bonds is 6. The Hall–Kier alpha value is -0.0800. The monoisotopic (exact) mass is 240 g/mol. The van der Waals surface area contributed by atoms with Crippen LogP contribution in [-0.2, 0) is 0 Å². The predicted octanol–water partition coefficient (Wildman–Crippen LogP) is 3.26. The summed E-state index contributed by atoms with van der Waals surface area (Å²) in [7, 11) is 0. The van der Waals surface area contributed by atoms with Gasteiger partial charge in [-0.2, -0.15) is 0 Å². The number of hydrogen-bond acceptors (Lipinski definition) is 2. The second-order valence-electron chi connectivity index (χ2n) is 6.23. The smallest absolute Gasteiger partial charge is 0.00644 e. The van der Waals surface area contributed by atoms with Crippen LogP contribution >= 0.6 is 0 Å². The van der Waals surface area contributed by atoms with Gasteiger partial charge in [-0.3, -0.25) is 0 Å². The molecule has 0 aromatic rings. The molecule has 3 unspecified atom stereocenters. The molecule has 0 heterocycles. The van der Waals surface area contributed by atoms with Crippen molar-refractivity contribution in [1.82, 2.24) is 4.90 Å². The summed E-state index contributed by atoms with van der Waals surface area (Å²) in [5.74, 6) is 0.864. The van der Waals surface area contributed by atoms with E-state index < -0.39 is 0 Å². The molecule has 102 valence electrons. The average molecular weight is 240 g/mol. The third-order valence-corrected chi connectivity index (χ3v) is 4.78. The fraction of sp³-hybridized carbons (Fsp3) is 1.00. The Morgan fingerprint density at radius 3 is 2.59 bits per heavy atom. The SMILES string of the molecule is CCC(C)N(CC)CC1(CN)CCCC(C)C1. The topological polar surface area (TPSA) is 29.3 Å². The van der Waals surface area contributed by atoms with Crippen LogP contribution in [0.2, 0.25) is 0 Å². The predicted molar refractivity (Wildman–Crippen MR) is 76.1 cm³/mol. The average Bonchev–Trinajstić information content (AvgIpc) is 2.35. The Bertz CT molecular complexity index is 217. The van der Waals surface area contributed by atoms with E-state index >= 15 is 0 Å². The zero-order valence-corrected chi connectivity index (χ0v) is 12.3. The Morgan fingerprint density at radius 1 is 1.41 bits per heavy atom. The first-order valence-corrected chi connectivity index (χ1v) is 7.51. The molecule has 0 bridgehead atoms. The van der Waals surface area contributed by atoms with Crippen LogP contribution < -0.4 is 5.73 Å². The van der Waals surface area contributed by atoms with Crippen molar-refractivity contribution in [2.75, 3.05) is 19.6 Å². The van der Waals surface area contributed by atoms with Crippen molar-refractivity contribution < 1.29 is 0 Å². The van der Waals surface area contributed by atoms with E-state index in [1.807, 2.05) is 0 Å². The van der Waals surface area contributed by atoms with Gasteiger partial charge in [0.05, 0.1) is 0 Å². The van der Waals surface area contributed by atoms with Gasteiger partial charge in [-0.1, -0.05) is 33.6 Å². The van der Waals surface area contributed by atoms with Gasteiger partial charge in [0, 0.05) is 12.6 Å². The lowest BCUT2D eigenvalue weighted by molar-refractivity contribution is 0.0703. The molecule has 0 aromatic carbocycles. The zero-order chi connectivity index (χ0) is 12.9. The van der Waals surface area contributed by atoms with Crippen molar-refractivity contribution in [3.05, 3.63) is 0 Å². The summed E-state index contributed by atoms with van der Waals surface area (Å²) < 4.78 is 0. The molecule has 17 heavy (non-hydrogen) atoms. The van der Waals surface area contributed by atoms with Crippen LogP contribution in [0.1, 0.15) is 59.8 Å². The van der Waals surface area contributed by atoms with Gasteiger partial charge in [-0.15, -0.1) is 0 Å². The molecule has 0 spiro atoms. The first-order valence-electron chi connectivity index (χ1n) is 7.51. The molecule has 1 fully saturated rings. The molecular formula is C15H32N2. The van der Waals surface area contributed by atoms with Gasteiger partial charge in [-0.05, 0) is 50.6 Å². The van der Waals surface area contributed by atoms with Gasteiger partial charge in [0.1, 0.15) is 0 Å². The highest BCUT2D eigenvalue weighted by atomic mass is 15.2. The van der Waals surface area contributed by atoms with Crippen molar-refractivity contribution in [2.45, 2.75) is 65.8 Å². The summed E-state index contributed by atoms with van der Waals surface area (Å²) in [4.78, 5) is 2.63. The third-order valence-electron chi connectivity index (χ3n) is 4.78. The molecule has 0 aliphatic heterocycles. The largest absolute Gasteiger partial charge is 0.330 e. The lowest BCUT2D eigenvalue weighted by Crippen LogP contribution is -2.47. The summed E-state index contributed by atoms with van der Waals surface area (Å²) in [5.41, 5.74) is 6.52. The first-order chi connectivity index (χ1) is 8.06. The molecule has 1 aliphatic carbocycles. The van der Waals surface area contributed by atoms with Crippen LogP contribution in [0.4, 0.5) is 0 Å². The zero-order valence-electron chi connectivity index (χ0n) is 12.3. The Morgan fingerprint density at radius 2 is 2.12 bits per heavy atom. The van der Waals surface area contributed by atoms with E-state index in [4.69, 9.17) is 5.73 Å². The molecule has 0 aromatic heterocycles. The molecule has 2 N–H and O–H groups in total. The van der Waals surface area contributed by atoms with E-state index in [9.17, 15) is 0 Å². The van der Waals surface area contributed by atoms with E-state index in [2.05, 4.69) is 32.6 Å². The molecule has 1 saturated carbocycles. The standard InChI is InChI=1S/C15H32N2/c1-5-14(4)17(6-2)12-15(11-16)9-7-8-13(3)10-15/h13-14H,5-12,16H2,1-4H3. The van der Waals surface area contributed by atoms with Crippen molar-refractivity contribution in [2.24, 2.45) is 17.1 Å². The van der Waals surface area contributed by atoms with E-state index in [1.54, 1.807) is 0 Å². The maximum absolute atomic E-state index is 6.12. The van der Waals surface area contributed by atoms with Crippen molar-refractivity contribution in [3.63, 3.8) is 0 Å². The number of nitrogens with zero attached hydrogens (tertiary/aromatic N) is 1. The maximum Gasteiger partial charge on any atom is 0.00644 e. The quantitative estimate of drug-likeness (QED) is 0.772. The number of hydrogen-bond donors (Lipinski definition) is 1. The van der Waals surface area contributed by atoms with Gasteiger partial charge in [0.15, 0.2) is 0 Å². The fourth-order valence-corrected chi connectivity index (χ4v) is 3.43. The minimum absolute atomic E-state index is 0.400. The second kappa shape index (κ2) is 6.75. The highest BCUT2D eigenvalue weighted by molar-refractivity contribution is 4.89. The summed E-state index contributed by atoms with van der Waals surface area (Å²) >= 11 is 0. The lowest BCUT2D eigenvalue weighted by atomic mass is 9.69.